The van der Waals surface area contributed by atoms with Crippen LogP contribution in [-0.4, -0.2) is 16.1 Å². The van der Waals surface area contributed by atoms with Crippen LogP contribution >= 0.6 is 23.2 Å². The molecular formula is C13H10Cl2N2O2. The molecule has 1 aromatic carbocycles. The van der Waals surface area contributed by atoms with Crippen LogP contribution in [-0.2, 0) is 11.2 Å². The van der Waals surface area contributed by atoms with Crippen LogP contribution in [0.5, 0.6) is 0 Å². The molecule has 1 heterocycles. The van der Waals surface area contributed by atoms with E-state index in [0.29, 0.717) is 27.0 Å². The number of nitrogen functional groups attached to an aromatic ring is 1. The molecule has 0 aliphatic carbocycles. The number of benzene rings is 1. The molecule has 0 unspecified atom stereocenters. The molecule has 0 bridgehead atoms. The summed E-state index contributed by atoms with van der Waals surface area (Å²) in [4.78, 5) is 14.9. The smallest absolute Gasteiger partial charge is 0.307 e. The largest absolute Gasteiger partial charge is 0.481 e. The Morgan fingerprint density at radius 2 is 2.00 bits per heavy atom. The molecule has 0 aliphatic heterocycles. The number of aromatic nitrogens is 1. The lowest BCUT2D eigenvalue weighted by Gasteiger charge is -2.07. The summed E-state index contributed by atoms with van der Waals surface area (Å²) in [7, 11) is 0. The molecule has 98 valence electrons. The van der Waals surface area contributed by atoms with Gasteiger partial charge in [0, 0.05) is 5.56 Å². The van der Waals surface area contributed by atoms with Gasteiger partial charge in [-0.05, 0) is 23.8 Å². The predicted molar refractivity (Wildman–Crippen MR) is 75.4 cm³/mol. The van der Waals surface area contributed by atoms with Gasteiger partial charge < -0.3 is 10.8 Å². The third kappa shape index (κ3) is 3.16. The molecule has 0 spiro atoms. The first kappa shape index (κ1) is 13.6. The van der Waals surface area contributed by atoms with Crippen molar-refractivity contribution >= 4 is 34.9 Å². The Morgan fingerprint density at radius 1 is 1.26 bits per heavy atom. The average Bonchev–Trinajstić information content (AvgIpc) is 2.35. The molecule has 1 aromatic heterocycles. The zero-order valence-electron chi connectivity index (χ0n) is 9.73. The van der Waals surface area contributed by atoms with E-state index >= 15 is 0 Å². The van der Waals surface area contributed by atoms with Gasteiger partial charge in [0.2, 0.25) is 0 Å². The predicted octanol–water partition coefficient (Wildman–Crippen LogP) is 3.26. The quantitative estimate of drug-likeness (QED) is 0.911. The van der Waals surface area contributed by atoms with Gasteiger partial charge >= 0.3 is 5.97 Å². The molecule has 0 atom stereocenters. The van der Waals surface area contributed by atoms with Crippen molar-refractivity contribution < 1.29 is 9.90 Å². The standard InChI is InChI=1S/C13H10Cl2N2O2/c14-9-2-1-7(3-10(9)15)12-4-8(5-13(18)19)11(16)6-17-12/h1-4,6H,5,16H2,(H,18,19). The molecule has 0 amide bonds. The molecule has 0 fully saturated rings. The lowest BCUT2D eigenvalue weighted by Crippen LogP contribution is -2.04. The number of halogens is 2. The van der Waals surface area contributed by atoms with E-state index < -0.39 is 5.97 Å². The lowest BCUT2D eigenvalue weighted by molar-refractivity contribution is -0.136. The van der Waals surface area contributed by atoms with E-state index in [4.69, 9.17) is 34.0 Å². The van der Waals surface area contributed by atoms with Gasteiger partial charge in [-0.2, -0.15) is 0 Å². The van der Waals surface area contributed by atoms with E-state index in [0.717, 1.165) is 5.56 Å². The Labute approximate surface area is 119 Å². The Balaban J connectivity index is 2.44. The van der Waals surface area contributed by atoms with Crippen molar-refractivity contribution in [2.24, 2.45) is 0 Å². The monoisotopic (exact) mass is 296 g/mol. The minimum absolute atomic E-state index is 0.150. The molecule has 0 saturated heterocycles. The Kier molecular flexibility index (Phi) is 3.93. The molecule has 19 heavy (non-hydrogen) atoms. The van der Waals surface area contributed by atoms with Gasteiger partial charge in [-0.3, -0.25) is 9.78 Å². The zero-order valence-corrected chi connectivity index (χ0v) is 11.2. The van der Waals surface area contributed by atoms with Gasteiger partial charge in [-0.1, -0.05) is 29.3 Å². The molecule has 0 saturated carbocycles. The van der Waals surface area contributed by atoms with E-state index in [1.54, 1.807) is 24.3 Å². The van der Waals surface area contributed by atoms with Crippen molar-refractivity contribution in [1.82, 2.24) is 4.98 Å². The number of carboxylic acid groups (broad SMARTS) is 1. The minimum atomic E-state index is -0.946. The number of anilines is 1. The number of aliphatic carboxylic acids is 1. The first-order valence-electron chi connectivity index (χ1n) is 5.39. The summed E-state index contributed by atoms with van der Waals surface area (Å²) in [5.41, 5.74) is 7.92. The number of carboxylic acids is 1. The highest BCUT2D eigenvalue weighted by Crippen LogP contribution is 2.28. The van der Waals surface area contributed by atoms with Crippen LogP contribution in [0.3, 0.4) is 0 Å². The molecule has 0 aliphatic rings. The summed E-state index contributed by atoms with van der Waals surface area (Å²) in [6.07, 6.45) is 1.29. The molecule has 2 aromatic rings. The maximum Gasteiger partial charge on any atom is 0.307 e. The van der Waals surface area contributed by atoms with Crippen LogP contribution in [0.4, 0.5) is 5.69 Å². The number of rotatable bonds is 3. The Hall–Kier alpha value is -1.78. The topological polar surface area (TPSA) is 76.2 Å². The van der Waals surface area contributed by atoms with Crippen LogP contribution in [0.15, 0.2) is 30.5 Å². The van der Waals surface area contributed by atoms with Gasteiger partial charge in [-0.25, -0.2) is 0 Å². The van der Waals surface area contributed by atoms with Crippen LogP contribution in [0.2, 0.25) is 10.0 Å². The van der Waals surface area contributed by atoms with E-state index in [1.807, 2.05) is 0 Å². The molecule has 4 nitrogen and oxygen atoms in total. The fourth-order valence-electron chi connectivity index (χ4n) is 1.64. The van der Waals surface area contributed by atoms with Crippen LogP contribution in [0, 0.1) is 0 Å². The number of nitrogens with two attached hydrogens (primary N) is 1. The second-order valence-electron chi connectivity index (χ2n) is 3.97. The van der Waals surface area contributed by atoms with Gasteiger partial charge in [-0.15, -0.1) is 0 Å². The number of carbonyl (C=O) groups is 1. The summed E-state index contributed by atoms with van der Waals surface area (Å²) in [6.45, 7) is 0. The maximum absolute atomic E-state index is 10.8. The van der Waals surface area contributed by atoms with Crippen molar-refractivity contribution in [3.63, 3.8) is 0 Å². The highest BCUT2D eigenvalue weighted by Gasteiger charge is 2.09. The third-order valence-electron chi connectivity index (χ3n) is 2.58. The van der Waals surface area contributed by atoms with Crippen LogP contribution < -0.4 is 5.73 Å². The average molecular weight is 297 g/mol. The van der Waals surface area contributed by atoms with E-state index in [-0.39, 0.29) is 6.42 Å². The summed E-state index contributed by atoms with van der Waals surface area (Å²) in [6, 6.07) is 6.74. The number of pyridine rings is 1. The number of nitrogens with zero attached hydrogens (tertiary/aromatic N) is 1. The summed E-state index contributed by atoms with van der Waals surface area (Å²) in [5.74, 6) is -0.946. The number of hydrogen-bond acceptors (Lipinski definition) is 3. The minimum Gasteiger partial charge on any atom is -0.481 e. The fourth-order valence-corrected chi connectivity index (χ4v) is 1.94. The second kappa shape index (κ2) is 5.47. The van der Waals surface area contributed by atoms with Crippen molar-refractivity contribution in [2.45, 2.75) is 6.42 Å². The van der Waals surface area contributed by atoms with Crippen LogP contribution in [0.25, 0.3) is 11.3 Å². The van der Waals surface area contributed by atoms with Crippen molar-refractivity contribution in [3.8, 4) is 11.3 Å². The van der Waals surface area contributed by atoms with Crippen molar-refractivity contribution in [2.75, 3.05) is 5.73 Å². The molecule has 2 rings (SSSR count). The van der Waals surface area contributed by atoms with E-state index in [2.05, 4.69) is 4.98 Å². The van der Waals surface area contributed by atoms with E-state index in [9.17, 15) is 4.79 Å². The van der Waals surface area contributed by atoms with E-state index in [1.165, 1.54) is 6.20 Å². The highest BCUT2D eigenvalue weighted by atomic mass is 35.5. The first-order valence-corrected chi connectivity index (χ1v) is 6.14. The highest BCUT2D eigenvalue weighted by molar-refractivity contribution is 6.42. The molecule has 3 N–H and O–H groups in total. The summed E-state index contributed by atoms with van der Waals surface area (Å²) >= 11 is 11.8. The Bertz CT molecular complexity index is 645. The first-order chi connectivity index (χ1) is 8.97. The third-order valence-corrected chi connectivity index (χ3v) is 3.32. The van der Waals surface area contributed by atoms with Gasteiger partial charge in [0.15, 0.2) is 0 Å². The SMILES string of the molecule is Nc1cnc(-c2ccc(Cl)c(Cl)c2)cc1CC(=O)O. The summed E-state index contributed by atoms with van der Waals surface area (Å²) in [5, 5.41) is 9.68. The molecular weight excluding hydrogens is 287 g/mol. The number of hydrogen-bond donors (Lipinski definition) is 2. The van der Waals surface area contributed by atoms with Gasteiger partial charge in [0.25, 0.3) is 0 Å². The zero-order chi connectivity index (χ0) is 14.0. The molecule has 6 heteroatoms. The Morgan fingerprint density at radius 3 is 2.63 bits per heavy atom. The van der Waals surface area contributed by atoms with Crippen molar-refractivity contribution in [1.29, 1.82) is 0 Å². The second-order valence-corrected chi connectivity index (χ2v) is 4.78. The molecule has 0 radical (unpaired) electrons. The van der Waals surface area contributed by atoms with Gasteiger partial charge in [0.1, 0.15) is 0 Å². The fraction of sp³-hybridized carbons (Fsp3) is 0.0769. The normalized spacial score (nSPS) is 10.4. The lowest BCUT2D eigenvalue weighted by atomic mass is 10.1. The maximum atomic E-state index is 10.8. The van der Waals surface area contributed by atoms with Gasteiger partial charge in [0.05, 0.1) is 34.0 Å². The van der Waals surface area contributed by atoms with Crippen molar-refractivity contribution in [3.05, 3.63) is 46.1 Å². The van der Waals surface area contributed by atoms with Crippen LogP contribution in [0.1, 0.15) is 5.56 Å². The summed E-state index contributed by atoms with van der Waals surface area (Å²) < 4.78 is 0.